The van der Waals surface area contributed by atoms with Gasteiger partial charge in [-0.2, -0.15) is 0 Å². The first-order chi connectivity index (χ1) is 28.5. The van der Waals surface area contributed by atoms with E-state index >= 15 is 0 Å². The number of ether oxygens (including phenoxy) is 8. The molecule has 0 amide bonds. The van der Waals surface area contributed by atoms with Crippen molar-refractivity contribution in [2.75, 3.05) is 39.6 Å². The van der Waals surface area contributed by atoms with Gasteiger partial charge in [-0.15, -0.1) is 0 Å². The molecule has 0 aromatic heterocycles. The Morgan fingerprint density at radius 2 is 0.828 bits per heavy atom. The molecule has 0 N–H and O–H groups in total. The lowest BCUT2D eigenvalue weighted by Crippen LogP contribution is -2.18. The molecular weight excluding hydrogens is 737 g/mol. The van der Waals surface area contributed by atoms with Crippen molar-refractivity contribution in [1.82, 2.24) is 0 Å². The molecule has 4 aliphatic rings. The first-order valence-corrected chi connectivity index (χ1v) is 21.1. The molecule has 0 bridgehead atoms. The zero-order chi connectivity index (χ0) is 39.5. The van der Waals surface area contributed by atoms with Crippen LogP contribution in [0.3, 0.4) is 0 Å². The van der Waals surface area contributed by atoms with Crippen LogP contribution in [0.1, 0.15) is 84.9 Å². The molecule has 10 nitrogen and oxygen atoms in total. The molecule has 0 spiro atoms. The second-order valence-electron chi connectivity index (χ2n) is 15.9. The minimum Gasteiger partial charge on any atom is -0.494 e. The van der Waals surface area contributed by atoms with Crippen LogP contribution in [0, 0.1) is 11.8 Å². The summed E-state index contributed by atoms with van der Waals surface area (Å²) >= 11 is 0. The normalized spacial score (nSPS) is 22.9. The number of hydrogen-bond acceptors (Lipinski definition) is 10. The molecule has 8 rings (SSSR count). The highest BCUT2D eigenvalue weighted by atomic mass is 16.6. The van der Waals surface area contributed by atoms with Crippen molar-refractivity contribution in [1.29, 1.82) is 0 Å². The second kappa shape index (κ2) is 19.8. The third-order valence-corrected chi connectivity index (χ3v) is 11.5. The van der Waals surface area contributed by atoms with E-state index in [9.17, 15) is 9.59 Å². The van der Waals surface area contributed by atoms with Crippen LogP contribution in [-0.2, 0) is 18.9 Å². The van der Waals surface area contributed by atoms with Gasteiger partial charge in [-0.05, 0) is 160 Å². The molecule has 2 heterocycles. The van der Waals surface area contributed by atoms with Gasteiger partial charge in [-0.25, -0.2) is 9.59 Å². The number of hydrogen-bond donors (Lipinski definition) is 0. The maximum absolute atomic E-state index is 12.8. The monoisotopic (exact) mass is 790 g/mol. The quantitative estimate of drug-likeness (QED) is 0.0350. The van der Waals surface area contributed by atoms with Crippen LogP contribution in [0.25, 0.3) is 11.1 Å². The number of unbranched alkanes of at least 4 members (excludes halogenated alkanes) is 2. The minimum atomic E-state index is -0.444. The molecule has 58 heavy (non-hydrogen) atoms. The highest BCUT2D eigenvalue weighted by Crippen LogP contribution is 2.40. The third kappa shape index (κ3) is 11.7. The summed E-state index contributed by atoms with van der Waals surface area (Å²) in [5, 5.41) is 0. The highest BCUT2D eigenvalue weighted by Gasteiger charge is 2.44. The Labute approximate surface area is 341 Å². The largest absolute Gasteiger partial charge is 0.494 e. The number of carbonyl (C=O) groups is 2. The summed E-state index contributed by atoms with van der Waals surface area (Å²) in [4.78, 5) is 25.6. The van der Waals surface area contributed by atoms with Crippen molar-refractivity contribution in [3.63, 3.8) is 0 Å². The molecule has 306 valence electrons. The van der Waals surface area contributed by atoms with Crippen LogP contribution in [0.4, 0.5) is 0 Å². The van der Waals surface area contributed by atoms with Crippen LogP contribution in [0.2, 0.25) is 0 Å². The Kier molecular flexibility index (Phi) is 13.7. The molecule has 4 fully saturated rings. The van der Waals surface area contributed by atoms with Crippen molar-refractivity contribution in [2.45, 2.75) is 88.6 Å². The lowest BCUT2D eigenvalue weighted by molar-refractivity contribution is 0.0725. The smallest absolute Gasteiger partial charge is 0.343 e. The third-order valence-electron chi connectivity index (χ3n) is 11.5. The van der Waals surface area contributed by atoms with Crippen molar-refractivity contribution >= 4 is 11.9 Å². The Hall–Kier alpha value is -4.74. The Morgan fingerprint density at radius 3 is 1.22 bits per heavy atom. The Balaban J connectivity index is 0.691. The standard InChI is InChI=1S/C48H54O10/c49-47(37-11-15-39(16-12-37)53-27-3-1-25-51-31-33-5-23-43-45(29-33)57-43)55-41-19-7-35(8-20-41)36-9-21-42(22-10-36)56-48(50)38-13-17-40(18-14-38)54-28-4-2-26-52-32-34-6-24-44-46(30-34)58-44/h7-22,33-34,43-46H,1-6,23-32H2. The topological polar surface area (TPSA) is 115 Å². The molecule has 6 unspecified atom stereocenters. The zero-order valence-electron chi connectivity index (χ0n) is 33.1. The second-order valence-corrected chi connectivity index (χ2v) is 15.9. The zero-order valence-corrected chi connectivity index (χ0v) is 33.1. The molecule has 4 aromatic rings. The molecular formula is C48H54O10. The molecule has 2 aliphatic carbocycles. The maximum Gasteiger partial charge on any atom is 0.343 e. The van der Waals surface area contributed by atoms with E-state index in [0.29, 0.717) is 83.6 Å². The van der Waals surface area contributed by atoms with Gasteiger partial charge in [0.15, 0.2) is 0 Å². The van der Waals surface area contributed by atoms with E-state index in [0.717, 1.165) is 76.1 Å². The first-order valence-electron chi connectivity index (χ1n) is 21.1. The van der Waals surface area contributed by atoms with Crippen molar-refractivity contribution in [3.8, 4) is 34.1 Å². The molecule has 2 saturated carbocycles. The van der Waals surface area contributed by atoms with Gasteiger partial charge in [0.05, 0.1) is 48.8 Å². The predicted molar refractivity (Wildman–Crippen MR) is 218 cm³/mol. The van der Waals surface area contributed by atoms with Crippen LogP contribution in [0.5, 0.6) is 23.0 Å². The van der Waals surface area contributed by atoms with E-state index in [1.165, 1.54) is 25.7 Å². The first kappa shape index (κ1) is 40.1. The summed E-state index contributed by atoms with van der Waals surface area (Å²) in [6, 6.07) is 28.5. The van der Waals surface area contributed by atoms with Gasteiger partial charge < -0.3 is 37.9 Å². The summed E-state index contributed by atoms with van der Waals surface area (Å²) < 4.78 is 45.9. The number of esters is 2. The highest BCUT2D eigenvalue weighted by molar-refractivity contribution is 5.92. The summed E-state index contributed by atoms with van der Waals surface area (Å²) in [7, 11) is 0. The number of benzene rings is 4. The Bertz CT molecular complexity index is 1770. The van der Waals surface area contributed by atoms with E-state index in [2.05, 4.69) is 0 Å². The van der Waals surface area contributed by atoms with Gasteiger partial charge in [0.25, 0.3) is 0 Å². The average Bonchev–Trinajstić information content (AvgIpc) is 4.20. The van der Waals surface area contributed by atoms with Crippen LogP contribution >= 0.6 is 0 Å². The SMILES string of the molecule is O=C(Oc1ccc(-c2ccc(OC(=O)c3ccc(OCCCCOCC4CCC5OC5C4)cc3)cc2)cc1)c1ccc(OCCCCOCC2CCC3OC3C2)cc1. The molecule has 2 aliphatic heterocycles. The maximum atomic E-state index is 12.8. The molecule has 6 atom stereocenters. The fourth-order valence-electron chi connectivity index (χ4n) is 7.91. The van der Waals surface area contributed by atoms with Gasteiger partial charge in [-0.3, -0.25) is 0 Å². The summed E-state index contributed by atoms with van der Waals surface area (Å²) in [6.45, 7) is 4.33. The number of fused-ring (bicyclic) bond motifs is 2. The Morgan fingerprint density at radius 1 is 0.448 bits per heavy atom. The van der Waals surface area contributed by atoms with E-state index in [-0.39, 0.29) is 0 Å². The lowest BCUT2D eigenvalue weighted by Gasteiger charge is -2.18. The molecule has 10 heteroatoms. The fraction of sp³-hybridized carbons (Fsp3) is 0.458. The van der Waals surface area contributed by atoms with Gasteiger partial charge in [-0.1, -0.05) is 24.3 Å². The van der Waals surface area contributed by atoms with Gasteiger partial charge in [0.2, 0.25) is 0 Å². The number of epoxide rings is 2. The fourth-order valence-corrected chi connectivity index (χ4v) is 7.91. The molecule has 0 radical (unpaired) electrons. The number of carbonyl (C=O) groups excluding carboxylic acids is 2. The van der Waals surface area contributed by atoms with Crippen LogP contribution in [0.15, 0.2) is 97.1 Å². The summed E-state index contributed by atoms with van der Waals surface area (Å²) in [5.74, 6) is 2.68. The lowest BCUT2D eigenvalue weighted by atomic mass is 9.90. The summed E-state index contributed by atoms with van der Waals surface area (Å²) in [5.41, 5.74) is 2.73. The van der Waals surface area contributed by atoms with Gasteiger partial charge in [0, 0.05) is 26.4 Å². The van der Waals surface area contributed by atoms with E-state index in [1.54, 1.807) is 72.8 Å². The average molecular weight is 791 g/mol. The number of rotatable bonds is 21. The predicted octanol–water partition coefficient (Wildman–Crippen LogP) is 9.28. The minimum absolute atomic E-state index is 0.439. The van der Waals surface area contributed by atoms with Crippen LogP contribution in [-0.4, -0.2) is 76.0 Å². The molecule has 2 saturated heterocycles. The van der Waals surface area contributed by atoms with Crippen molar-refractivity contribution in [2.24, 2.45) is 11.8 Å². The van der Waals surface area contributed by atoms with Crippen molar-refractivity contribution < 1.29 is 47.5 Å². The van der Waals surface area contributed by atoms with E-state index in [4.69, 9.17) is 37.9 Å². The van der Waals surface area contributed by atoms with E-state index < -0.39 is 11.9 Å². The molecule has 4 aromatic carbocycles. The summed E-state index contributed by atoms with van der Waals surface area (Å²) in [6.07, 6.45) is 12.8. The van der Waals surface area contributed by atoms with E-state index in [1.807, 2.05) is 24.3 Å². The van der Waals surface area contributed by atoms with Crippen LogP contribution < -0.4 is 18.9 Å². The van der Waals surface area contributed by atoms with Gasteiger partial charge in [0.1, 0.15) is 23.0 Å². The van der Waals surface area contributed by atoms with Crippen molar-refractivity contribution in [3.05, 3.63) is 108 Å². The van der Waals surface area contributed by atoms with Gasteiger partial charge >= 0.3 is 11.9 Å².